The van der Waals surface area contributed by atoms with Gasteiger partial charge in [0.15, 0.2) is 0 Å². The quantitative estimate of drug-likeness (QED) is 0.464. The monoisotopic (exact) mass is 563 g/mol. The van der Waals surface area contributed by atoms with Crippen LogP contribution in [0.1, 0.15) is 50.2 Å². The summed E-state index contributed by atoms with van der Waals surface area (Å²) in [4.78, 5) is 28.6. The Hall–Kier alpha value is -2.39. The molecule has 35 heavy (non-hydrogen) atoms. The van der Waals surface area contributed by atoms with Gasteiger partial charge in [0.2, 0.25) is 21.8 Å². The maximum absolute atomic E-state index is 13.7. The van der Waals surface area contributed by atoms with E-state index in [1.165, 1.54) is 4.90 Å². The summed E-state index contributed by atoms with van der Waals surface area (Å²) < 4.78 is 27.1. The first-order valence-corrected chi connectivity index (χ1v) is 14.6. The smallest absolute Gasteiger partial charge is 0.244 e. The molecule has 0 aromatic heterocycles. The van der Waals surface area contributed by atoms with E-state index in [2.05, 4.69) is 21.2 Å². The number of carbonyl (C=O) groups is 2. The predicted molar refractivity (Wildman–Crippen MR) is 143 cm³/mol. The third kappa shape index (κ3) is 7.30. The van der Waals surface area contributed by atoms with Gasteiger partial charge in [-0.05, 0) is 55.5 Å². The molecule has 0 bridgehead atoms. The number of nitrogens with one attached hydrogen (secondary N) is 1. The summed E-state index contributed by atoms with van der Waals surface area (Å²) in [5, 5.41) is 3.12. The Balaban J connectivity index is 1.93. The van der Waals surface area contributed by atoms with Crippen molar-refractivity contribution in [1.82, 2.24) is 10.2 Å². The normalized spacial score (nSPS) is 15.0. The van der Waals surface area contributed by atoms with Crippen LogP contribution in [0.4, 0.5) is 5.69 Å². The third-order valence-electron chi connectivity index (χ3n) is 6.46. The highest BCUT2D eigenvalue weighted by Crippen LogP contribution is 2.24. The molecule has 0 heterocycles. The summed E-state index contributed by atoms with van der Waals surface area (Å²) in [7, 11) is -3.75. The van der Waals surface area contributed by atoms with Crippen LogP contribution in [0.3, 0.4) is 0 Å². The molecular formula is C26H34BrN3O4S. The fourth-order valence-corrected chi connectivity index (χ4v) is 5.73. The lowest BCUT2D eigenvalue weighted by Gasteiger charge is -2.33. The molecule has 3 rings (SSSR count). The summed E-state index contributed by atoms with van der Waals surface area (Å²) >= 11 is 3.37. The number of hydrogen-bond donors (Lipinski definition) is 1. The molecule has 9 heteroatoms. The van der Waals surface area contributed by atoms with Crippen molar-refractivity contribution in [3.05, 3.63) is 64.1 Å². The molecule has 1 atom stereocenters. The fourth-order valence-electron chi connectivity index (χ4n) is 4.50. The molecule has 7 nitrogen and oxygen atoms in total. The molecule has 1 aliphatic rings. The predicted octanol–water partition coefficient (Wildman–Crippen LogP) is 4.39. The highest BCUT2D eigenvalue weighted by atomic mass is 79.9. The lowest BCUT2D eigenvalue weighted by atomic mass is 10.1. The van der Waals surface area contributed by atoms with Crippen LogP contribution in [0.25, 0.3) is 0 Å². The zero-order valence-corrected chi connectivity index (χ0v) is 22.9. The van der Waals surface area contributed by atoms with Crippen molar-refractivity contribution < 1.29 is 18.0 Å². The largest absolute Gasteiger partial charge is 0.352 e. The second kappa shape index (κ2) is 12.0. The summed E-state index contributed by atoms with van der Waals surface area (Å²) in [6, 6.07) is 13.9. The van der Waals surface area contributed by atoms with Crippen LogP contribution in [0, 0.1) is 6.92 Å². The lowest BCUT2D eigenvalue weighted by Crippen LogP contribution is -2.53. The van der Waals surface area contributed by atoms with Crippen molar-refractivity contribution in [2.24, 2.45) is 0 Å². The van der Waals surface area contributed by atoms with Crippen molar-refractivity contribution in [3.63, 3.8) is 0 Å². The Morgan fingerprint density at radius 2 is 1.80 bits per heavy atom. The van der Waals surface area contributed by atoms with Crippen LogP contribution >= 0.6 is 15.9 Å². The number of sulfonamides is 1. The van der Waals surface area contributed by atoms with E-state index in [0.717, 1.165) is 47.4 Å². The Morgan fingerprint density at radius 1 is 1.11 bits per heavy atom. The summed E-state index contributed by atoms with van der Waals surface area (Å²) in [5.41, 5.74) is 2.30. The number of aryl methyl sites for hydroxylation is 1. The summed E-state index contributed by atoms with van der Waals surface area (Å²) in [6.07, 6.45) is 5.56. The van der Waals surface area contributed by atoms with E-state index in [4.69, 9.17) is 0 Å². The second-order valence-electron chi connectivity index (χ2n) is 9.11. The van der Waals surface area contributed by atoms with Gasteiger partial charge in [-0.2, -0.15) is 0 Å². The van der Waals surface area contributed by atoms with Crippen LogP contribution < -0.4 is 9.62 Å². The van der Waals surface area contributed by atoms with Crippen LogP contribution in [-0.2, 0) is 26.2 Å². The number of rotatable bonds is 10. The molecule has 1 unspecified atom stereocenters. The minimum atomic E-state index is -3.75. The number of halogens is 1. The zero-order chi connectivity index (χ0) is 25.6. The van der Waals surface area contributed by atoms with Crippen molar-refractivity contribution in [1.29, 1.82) is 0 Å². The van der Waals surface area contributed by atoms with Gasteiger partial charge in [0, 0.05) is 17.1 Å². The molecule has 1 aliphatic carbocycles. The highest BCUT2D eigenvalue weighted by molar-refractivity contribution is 9.10. The van der Waals surface area contributed by atoms with E-state index in [0.29, 0.717) is 16.6 Å². The van der Waals surface area contributed by atoms with E-state index in [-0.39, 0.29) is 18.5 Å². The molecule has 0 aliphatic heterocycles. The first kappa shape index (κ1) is 27.2. The minimum absolute atomic E-state index is 0.126. The van der Waals surface area contributed by atoms with E-state index in [1.54, 1.807) is 24.3 Å². The van der Waals surface area contributed by atoms with Gasteiger partial charge in [0.05, 0.1) is 11.9 Å². The summed E-state index contributed by atoms with van der Waals surface area (Å²) in [6.45, 7) is 3.66. The standard InChI is InChI=1S/C26H34BrN3O4S/c1-4-24(26(32)28-22-13-7-8-14-22)29(17-20-11-6-5-10-19(20)2)25(31)18-30(35(3,33)34)23-15-9-12-21(27)16-23/h5-6,9-12,15-16,22,24H,4,7-8,13-14,17-18H2,1-3H3,(H,28,32). The average molecular weight is 565 g/mol. The minimum Gasteiger partial charge on any atom is -0.352 e. The Bertz CT molecular complexity index is 1150. The van der Waals surface area contributed by atoms with Crippen LogP contribution in [-0.4, -0.2) is 50.0 Å². The first-order valence-electron chi connectivity index (χ1n) is 12.0. The number of carbonyl (C=O) groups excluding carboxylic acids is 2. The van der Waals surface area contributed by atoms with Crippen molar-refractivity contribution >= 4 is 43.5 Å². The fraction of sp³-hybridized carbons (Fsp3) is 0.462. The number of hydrogen-bond acceptors (Lipinski definition) is 4. The van der Waals surface area contributed by atoms with Gasteiger partial charge in [-0.15, -0.1) is 0 Å². The molecule has 2 aromatic carbocycles. The molecule has 1 fully saturated rings. The van der Waals surface area contributed by atoms with E-state index in [9.17, 15) is 18.0 Å². The Labute approximate surface area is 217 Å². The molecule has 2 amide bonds. The molecule has 0 radical (unpaired) electrons. The van der Waals surface area contributed by atoms with Crippen LogP contribution in [0.15, 0.2) is 53.0 Å². The molecule has 1 N–H and O–H groups in total. The van der Waals surface area contributed by atoms with Gasteiger partial charge in [-0.25, -0.2) is 8.42 Å². The number of benzene rings is 2. The molecule has 0 saturated heterocycles. The Kier molecular flexibility index (Phi) is 9.35. The molecular weight excluding hydrogens is 530 g/mol. The zero-order valence-electron chi connectivity index (χ0n) is 20.5. The van der Waals surface area contributed by atoms with E-state index < -0.39 is 28.5 Å². The summed E-state index contributed by atoms with van der Waals surface area (Å²) in [5.74, 6) is -0.609. The highest BCUT2D eigenvalue weighted by Gasteiger charge is 2.33. The van der Waals surface area contributed by atoms with Crippen molar-refractivity contribution in [2.75, 3.05) is 17.1 Å². The van der Waals surface area contributed by atoms with Gasteiger partial charge < -0.3 is 10.2 Å². The molecule has 0 spiro atoms. The van der Waals surface area contributed by atoms with Gasteiger partial charge >= 0.3 is 0 Å². The van der Waals surface area contributed by atoms with Gasteiger partial charge in [0.1, 0.15) is 12.6 Å². The van der Waals surface area contributed by atoms with Crippen molar-refractivity contribution in [2.45, 2.75) is 64.6 Å². The van der Waals surface area contributed by atoms with Gasteiger partial charge in [-0.1, -0.05) is 66.0 Å². The van der Waals surface area contributed by atoms with Crippen molar-refractivity contribution in [3.8, 4) is 0 Å². The molecule has 190 valence electrons. The number of nitrogens with zero attached hydrogens (tertiary/aromatic N) is 2. The van der Waals surface area contributed by atoms with Crippen LogP contribution in [0.5, 0.6) is 0 Å². The number of anilines is 1. The third-order valence-corrected chi connectivity index (χ3v) is 8.10. The first-order chi connectivity index (χ1) is 16.6. The van der Waals surface area contributed by atoms with Gasteiger partial charge in [-0.3, -0.25) is 13.9 Å². The maximum atomic E-state index is 13.7. The average Bonchev–Trinajstić information content (AvgIpc) is 3.30. The molecule has 1 saturated carbocycles. The Morgan fingerprint density at radius 3 is 2.40 bits per heavy atom. The van der Waals surface area contributed by atoms with E-state index in [1.807, 2.05) is 38.1 Å². The lowest BCUT2D eigenvalue weighted by molar-refractivity contribution is -0.140. The number of amides is 2. The second-order valence-corrected chi connectivity index (χ2v) is 11.9. The maximum Gasteiger partial charge on any atom is 0.244 e. The molecule has 2 aromatic rings. The van der Waals surface area contributed by atoms with Gasteiger partial charge in [0.25, 0.3) is 0 Å². The topological polar surface area (TPSA) is 86.8 Å². The SMILES string of the molecule is CCC(C(=O)NC1CCCC1)N(Cc1ccccc1C)C(=O)CN(c1cccc(Br)c1)S(C)(=O)=O. The van der Waals surface area contributed by atoms with Crippen LogP contribution in [0.2, 0.25) is 0 Å². The van der Waals surface area contributed by atoms with E-state index >= 15 is 0 Å².